The van der Waals surface area contributed by atoms with Gasteiger partial charge in [0.05, 0.1) is 13.2 Å². The third-order valence-corrected chi connectivity index (χ3v) is 3.07. The molecule has 0 spiro atoms. The Morgan fingerprint density at radius 2 is 1.90 bits per heavy atom. The van der Waals surface area contributed by atoms with E-state index in [-0.39, 0.29) is 12.4 Å². The number of benzene rings is 2. The molecule has 1 unspecified atom stereocenters. The Morgan fingerprint density at radius 1 is 1.14 bits per heavy atom. The molecule has 0 amide bonds. The molecule has 1 atom stereocenters. The second kappa shape index (κ2) is 6.54. The largest absolute Gasteiger partial charge is 0.497 e. The van der Waals surface area contributed by atoms with Gasteiger partial charge in [0.1, 0.15) is 29.7 Å². The summed E-state index contributed by atoms with van der Waals surface area (Å²) in [7, 11) is 1.45. The molecule has 0 heterocycles. The summed E-state index contributed by atoms with van der Waals surface area (Å²) < 4.78 is 37.4. The van der Waals surface area contributed by atoms with Crippen molar-refractivity contribution < 1.29 is 23.4 Å². The van der Waals surface area contributed by atoms with Crippen molar-refractivity contribution in [1.29, 1.82) is 0 Å². The summed E-state index contributed by atoms with van der Waals surface area (Å²) in [5, 5.41) is 9.62. The molecule has 1 N–H and O–H groups in total. The van der Waals surface area contributed by atoms with Crippen molar-refractivity contribution in [2.75, 3.05) is 7.11 Å². The zero-order valence-corrected chi connectivity index (χ0v) is 11.8. The maximum atomic E-state index is 13.8. The monoisotopic (exact) mass is 294 g/mol. The number of ether oxygens (including phenoxy) is 2. The molecule has 0 radical (unpaired) electrons. The second-order valence-electron chi connectivity index (χ2n) is 4.60. The Kier molecular flexibility index (Phi) is 4.75. The molecule has 0 aromatic heterocycles. The highest BCUT2D eigenvalue weighted by Gasteiger charge is 2.12. The van der Waals surface area contributed by atoms with E-state index in [1.807, 2.05) is 0 Å². The van der Waals surface area contributed by atoms with Gasteiger partial charge in [0.25, 0.3) is 0 Å². The van der Waals surface area contributed by atoms with E-state index in [0.29, 0.717) is 16.9 Å². The predicted octanol–water partition coefficient (Wildman–Crippen LogP) is 3.61. The van der Waals surface area contributed by atoms with Crippen LogP contribution < -0.4 is 9.47 Å². The van der Waals surface area contributed by atoms with Crippen LogP contribution in [-0.2, 0) is 6.61 Å². The summed E-state index contributed by atoms with van der Waals surface area (Å²) in [5.41, 5.74) is 0.766. The van der Waals surface area contributed by atoms with Gasteiger partial charge in [-0.15, -0.1) is 0 Å². The van der Waals surface area contributed by atoms with Crippen LogP contribution in [0.2, 0.25) is 0 Å². The molecule has 0 saturated carbocycles. The number of rotatable bonds is 5. The fraction of sp³-hybridized carbons (Fsp3) is 0.250. The van der Waals surface area contributed by atoms with Gasteiger partial charge in [0, 0.05) is 23.3 Å². The van der Waals surface area contributed by atoms with Crippen molar-refractivity contribution in [1.82, 2.24) is 0 Å². The lowest BCUT2D eigenvalue weighted by molar-refractivity contribution is 0.189. The van der Waals surface area contributed by atoms with E-state index in [2.05, 4.69) is 0 Å². The minimum Gasteiger partial charge on any atom is -0.497 e. The molecular formula is C16H16F2O3. The summed E-state index contributed by atoms with van der Waals surface area (Å²) in [4.78, 5) is 0. The number of aliphatic hydroxyl groups is 1. The van der Waals surface area contributed by atoms with Gasteiger partial charge >= 0.3 is 0 Å². The smallest absolute Gasteiger partial charge is 0.133 e. The minimum absolute atomic E-state index is 0.0704. The van der Waals surface area contributed by atoms with Crippen LogP contribution in [0.15, 0.2) is 36.4 Å². The molecule has 2 rings (SSSR count). The van der Waals surface area contributed by atoms with Crippen LogP contribution in [0, 0.1) is 11.6 Å². The van der Waals surface area contributed by atoms with E-state index in [1.54, 1.807) is 13.0 Å². The fourth-order valence-corrected chi connectivity index (χ4v) is 1.91. The van der Waals surface area contributed by atoms with E-state index >= 15 is 0 Å². The van der Waals surface area contributed by atoms with Crippen LogP contribution in [0.4, 0.5) is 8.78 Å². The van der Waals surface area contributed by atoms with Gasteiger partial charge in [-0.1, -0.05) is 0 Å². The minimum atomic E-state index is -0.804. The Labute approximate surface area is 121 Å². The van der Waals surface area contributed by atoms with Gasteiger partial charge in [-0.2, -0.15) is 0 Å². The molecular weight excluding hydrogens is 278 g/mol. The number of halogens is 2. The van der Waals surface area contributed by atoms with E-state index in [0.717, 1.165) is 0 Å². The summed E-state index contributed by atoms with van der Waals surface area (Å²) in [5.74, 6) is -0.346. The lowest BCUT2D eigenvalue weighted by atomic mass is 10.1. The van der Waals surface area contributed by atoms with Crippen LogP contribution >= 0.6 is 0 Å². The number of methoxy groups -OCH3 is 1. The summed E-state index contributed by atoms with van der Waals surface area (Å²) >= 11 is 0. The zero-order valence-electron chi connectivity index (χ0n) is 11.8. The van der Waals surface area contributed by atoms with Crippen LogP contribution in [0.25, 0.3) is 0 Å². The first kappa shape index (κ1) is 15.3. The van der Waals surface area contributed by atoms with E-state index in [9.17, 15) is 13.9 Å². The molecule has 2 aromatic carbocycles. The maximum Gasteiger partial charge on any atom is 0.133 e. The predicted molar refractivity (Wildman–Crippen MR) is 74.3 cm³/mol. The van der Waals surface area contributed by atoms with Gasteiger partial charge in [-0.25, -0.2) is 8.78 Å². The van der Waals surface area contributed by atoms with Gasteiger partial charge in [-0.05, 0) is 31.2 Å². The lowest BCUT2D eigenvalue weighted by Crippen LogP contribution is -2.03. The SMILES string of the molecule is COc1ccc(COc2cc(F)ccc2C(C)O)c(F)c1. The van der Waals surface area contributed by atoms with Crippen molar-refractivity contribution in [3.05, 3.63) is 59.2 Å². The van der Waals surface area contributed by atoms with E-state index < -0.39 is 17.7 Å². The maximum absolute atomic E-state index is 13.8. The summed E-state index contributed by atoms with van der Waals surface area (Å²) in [6.45, 7) is 1.48. The Morgan fingerprint density at radius 3 is 2.52 bits per heavy atom. The average molecular weight is 294 g/mol. The van der Waals surface area contributed by atoms with E-state index in [1.165, 1.54) is 37.4 Å². The first-order valence-corrected chi connectivity index (χ1v) is 6.44. The lowest BCUT2D eigenvalue weighted by Gasteiger charge is -2.14. The molecule has 3 nitrogen and oxygen atoms in total. The molecule has 5 heteroatoms. The highest BCUT2D eigenvalue weighted by molar-refractivity contribution is 5.36. The standard InChI is InChI=1S/C16H16F2O3/c1-10(19)14-6-4-12(17)7-16(14)21-9-11-3-5-13(20-2)8-15(11)18/h3-8,10,19H,9H2,1-2H3. The van der Waals surface area contributed by atoms with Crippen molar-refractivity contribution >= 4 is 0 Å². The van der Waals surface area contributed by atoms with Crippen LogP contribution in [0.5, 0.6) is 11.5 Å². The average Bonchev–Trinajstić information content (AvgIpc) is 2.45. The van der Waals surface area contributed by atoms with Gasteiger partial charge in [-0.3, -0.25) is 0 Å². The number of hydrogen-bond acceptors (Lipinski definition) is 3. The molecule has 0 bridgehead atoms. The third kappa shape index (κ3) is 3.70. The molecule has 0 aliphatic heterocycles. The number of aliphatic hydroxyl groups excluding tert-OH is 1. The van der Waals surface area contributed by atoms with Crippen molar-refractivity contribution in [2.45, 2.75) is 19.6 Å². The molecule has 0 fully saturated rings. The van der Waals surface area contributed by atoms with Crippen LogP contribution in [0.1, 0.15) is 24.2 Å². The first-order valence-electron chi connectivity index (χ1n) is 6.44. The van der Waals surface area contributed by atoms with Crippen LogP contribution in [0.3, 0.4) is 0 Å². The van der Waals surface area contributed by atoms with Crippen molar-refractivity contribution in [3.63, 3.8) is 0 Å². The van der Waals surface area contributed by atoms with E-state index in [4.69, 9.17) is 9.47 Å². The van der Waals surface area contributed by atoms with Crippen molar-refractivity contribution in [2.24, 2.45) is 0 Å². The third-order valence-electron chi connectivity index (χ3n) is 3.07. The molecule has 21 heavy (non-hydrogen) atoms. The molecule has 0 saturated heterocycles. The number of hydrogen-bond donors (Lipinski definition) is 1. The fourth-order valence-electron chi connectivity index (χ4n) is 1.91. The zero-order chi connectivity index (χ0) is 15.4. The topological polar surface area (TPSA) is 38.7 Å². The Hall–Kier alpha value is -2.14. The normalized spacial score (nSPS) is 12.0. The molecule has 0 aliphatic rings. The highest BCUT2D eigenvalue weighted by Crippen LogP contribution is 2.27. The van der Waals surface area contributed by atoms with Gasteiger partial charge < -0.3 is 14.6 Å². The highest BCUT2D eigenvalue weighted by atomic mass is 19.1. The van der Waals surface area contributed by atoms with Crippen molar-refractivity contribution in [3.8, 4) is 11.5 Å². The Bertz CT molecular complexity index is 627. The summed E-state index contributed by atoms with van der Waals surface area (Å²) in [6.07, 6.45) is -0.804. The molecule has 2 aromatic rings. The van der Waals surface area contributed by atoms with Gasteiger partial charge in [0.15, 0.2) is 0 Å². The Balaban J connectivity index is 2.18. The van der Waals surface area contributed by atoms with Gasteiger partial charge in [0.2, 0.25) is 0 Å². The van der Waals surface area contributed by atoms with Crippen LogP contribution in [-0.4, -0.2) is 12.2 Å². The second-order valence-corrected chi connectivity index (χ2v) is 4.60. The molecule has 112 valence electrons. The first-order chi connectivity index (χ1) is 10.0. The summed E-state index contributed by atoms with van der Waals surface area (Å²) in [6, 6.07) is 8.25. The molecule has 0 aliphatic carbocycles. The quantitative estimate of drug-likeness (QED) is 0.915.